The van der Waals surface area contributed by atoms with E-state index in [9.17, 15) is 4.39 Å². The third-order valence-electron chi connectivity index (χ3n) is 2.77. The SMILES string of the molecule is CN(C)Cc1cc(CNC2CC2)ccc1F. The van der Waals surface area contributed by atoms with E-state index >= 15 is 0 Å². The molecule has 0 atom stereocenters. The normalized spacial score (nSPS) is 15.8. The van der Waals surface area contributed by atoms with Gasteiger partial charge in [0.25, 0.3) is 0 Å². The number of nitrogens with one attached hydrogen (secondary N) is 1. The highest BCUT2D eigenvalue weighted by Gasteiger charge is 2.20. The van der Waals surface area contributed by atoms with Crippen molar-refractivity contribution in [1.82, 2.24) is 10.2 Å². The van der Waals surface area contributed by atoms with Gasteiger partial charge in [-0.2, -0.15) is 0 Å². The van der Waals surface area contributed by atoms with Gasteiger partial charge in [0.2, 0.25) is 0 Å². The molecule has 1 aliphatic rings. The molecule has 1 aromatic rings. The molecule has 88 valence electrons. The highest BCUT2D eigenvalue weighted by molar-refractivity contribution is 5.25. The predicted octanol–water partition coefficient (Wildman–Crippen LogP) is 2.14. The number of rotatable bonds is 5. The fourth-order valence-corrected chi connectivity index (χ4v) is 1.75. The van der Waals surface area contributed by atoms with Crippen molar-refractivity contribution in [1.29, 1.82) is 0 Å². The van der Waals surface area contributed by atoms with E-state index in [1.807, 2.05) is 31.1 Å². The minimum Gasteiger partial charge on any atom is -0.310 e. The van der Waals surface area contributed by atoms with E-state index in [4.69, 9.17) is 0 Å². The lowest BCUT2D eigenvalue weighted by molar-refractivity contribution is 0.392. The molecule has 0 spiro atoms. The molecule has 1 fully saturated rings. The fourth-order valence-electron chi connectivity index (χ4n) is 1.75. The highest BCUT2D eigenvalue weighted by Crippen LogP contribution is 2.20. The van der Waals surface area contributed by atoms with Gasteiger partial charge < -0.3 is 10.2 Å². The Morgan fingerprint density at radius 3 is 2.75 bits per heavy atom. The Labute approximate surface area is 96.5 Å². The zero-order valence-electron chi connectivity index (χ0n) is 9.96. The molecule has 1 aliphatic carbocycles. The summed E-state index contributed by atoms with van der Waals surface area (Å²) in [6.07, 6.45) is 2.57. The van der Waals surface area contributed by atoms with Crippen LogP contribution in [0.4, 0.5) is 4.39 Å². The second-order valence-electron chi connectivity index (χ2n) is 4.82. The molecule has 0 aromatic heterocycles. The summed E-state index contributed by atoms with van der Waals surface area (Å²) in [7, 11) is 3.91. The first-order chi connectivity index (χ1) is 7.65. The largest absolute Gasteiger partial charge is 0.310 e. The zero-order valence-corrected chi connectivity index (χ0v) is 9.96. The van der Waals surface area contributed by atoms with Gasteiger partial charge in [-0.25, -0.2) is 4.39 Å². The van der Waals surface area contributed by atoms with E-state index in [0.29, 0.717) is 12.6 Å². The Morgan fingerprint density at radius 2 is 2.12 bits per heavy atom. The van der Waals surface area contributed by atoms with Crippen LogP contribution in [-0.2, 0) is 13.1 Å². The van der Waals surface area contributed by atoms with Gasteiger partial charge in [-0.05, 0) is 38.6 Å². The molecule has 1 N–H and O–H groups in total. The number of hydrogen-bond acceptors (Lipinski definition) is 2. The van der Waals surface area contributed by atoms with Crippen LogP contribution in [0, 0.1) is 5.82 Å². The molecule has 1 saturated carbocycles. The molecule has 2 rings (SSSR count). The fraction of sp³-hybridized carbons (Fsp3) is 0.538. The first-order valence-electron chi connectivity index (χ1n) is 5.80. The van der Waals surface area contributed by atoms with Crippen LogP contribution >= 0.6 is 0 Å². The third kappa shape index (κ3) is 3.29. The lowest BCUT2D eigenvalue weighted by Crippen LogP contribution is -2.16. The quantitative estimate of drug-likeness (QED) is 0.821. The van der Waals surface area contributed by atoms with E-state index < -0.39 is 0 Å². The highest BCUT2D eigenvalue weighted by atomic mass is 19.1. The molecule has 0 saturated heterocycles. The van der Waals surface area contributed by atoms with E-state index in [1.54, 1.807) is 6.07 Å². The summed E-state index contributed by atoms with van der Waals surface area (Å²) in [5.74, 6) is -0.108. The molecule has 0 radical (unpaired) electrons. The second-order valence-corrected chi connectivity index (χ2v) is 4.82. The lowest BCUT2D eigenvalue weighted by Gasteiger charge is -2.12. The Balaban J connectivity index is 2.01. The van der Waals surface area contributed by atoms with Crippen molar-refractivity contribution in [2.45, 2.75) is 32.0 Å². The lowest BCUT2D eigenvalue weighted by atomic mass is 10.1. The van der Waals surface area contributed by atoms with Gasteiger partial charge in [0, 0.05) is 24.7 Å². The number of nitrogens with zero attached hydrogens (tertiary/aromatic N) is 1. The average Bonchev–Trinajstić information content (AvgIpc) is 3.02. The zero-order chi connectivity index (χ0) is 11.5. The molecule has 0 heterocycles. The van der Waals surface area contributed by atoms with Gasteiger partial charge in [0.15, 0.2) is 0 Å². The maximum Gasteiger partial charge on any atom is 0.127 e. The summed E-state index contributed by atoms with van der Waals surface area (Å²) in [6, 6.07) is 6.10. The molecular formula is C13H19FN2. The smallest absolute Gasteiger partial charge is 0.127 e. The Bertz CT molecular complexity index is 359. The Morgan fingerprint density at radius 1 is 1.38 bits per heavy atom. The molecule has 2 nitrogen and oxygen atoms in total. The average molecular weight is 222 g/mol. The van der Waals surface area contributed by atoms with Gasteiger partial charge >= 0.3 is 0 Å². The van der Waals surface area contributed by atoms with Crippen LogP contribution in [0.15, 0.2) is 18.2 Å². The summed E-state index contributed by atoms with van der Waals surface area (Å²) in [5.41, 5.74) is 1.95. The van der Waals surface area contributed by atoms with Crippen LogP contribution in [0.25, 0.3) is 0 Å². The molecule has 0 bridgehead atoms. The van der Waals surface area contributed by atoms with Gasteiger partial charge in [-0.1, -0.05) is 12.1 Å². The van der Waals surface area contributed by atoms with Gasteiger partial charge in [0.05, 0.1) is 0 Å². The van der Waals surface area contributed by atoms with Crippen LogP contribution in [0.1, 0.15) is 24.0 Å². The standard InChI is InChI=1S/C13H19FN2/c1-16(2)9-11-7-10(3-6-13(11)14)8-15-12-4-5-12/h3,6-7,12,15H,4-5,8-9H2,1-2H3. The first kappa shape index (κ1) is 11.6. The van der Waals surface area contributed by atoms with E-state index in [-0.39, 0.29) is 5.82 Å². The number of hydrogen-bond donors (Lipinski definition) is 1. The summed E-state index contributed by atoms with van der Waals surface area (Å²) in [4.78, 5) is 1.98. The predicted molar refractivity (Wildman–Crippen MR) is 63.7 cm³/mol. The van der Waals surface area contributed by atoms with Gasteiger partial charge in [0.1, 0.15) is 5.82 Å². The van der Waals surface area contributed by atoms with Crippen LogP contribution in [0.2, 0.25) is 0 Å². The summed E-state index contributed by atoms with van der Waals surface area (Å²) in [5, 5.41) is 3.44. The van der Waals surface area contributed by atoms with Crippen molar-refractivity contribution in [2.24, 2.45) is 0 Å². The number of benzene rings is 1. The summed E-state index contributed by atoms with van der Waals surface area (Å²) >= 11 is 0. The summed E-state index contributed by atoms with van der Waals surface area (Å²) in [6.45, 7) is 1.51. The van der Waals surface area contributed by atoms with Crippen LogP contribution in [0.3, 0.4) is 0 Å². The van der Waals surface area contributed by atoms with Crippen molar-refractivity contribution in [3.8, 4) is 0 Å². The maximum atomic E-state index is 13.5. The first-order valence-corrected chi connectivity index (χ1v) is 5.80. The molecular weight excluding hydrogens is 203 g/mol. The van der Waals surface area contributed by atoms with Crippen molar-refractivity contribution in [2.75, 3.05) is 14.1 Å². The maximum absolute atomic E-state index is 13.5. The third-order valence-corrected chi connectivity index (χ3v) is 2.77. The monoisotopic (exact) mass is 222 g/mol. The van der Waals surface area contributed by atoms with Gasteiger partial charge in [-0.15, -0.1) is 0 Å². The minimum atomic E-state index is -0.108. The van der Waals surface area contributed by atoms with Crippen molar-refractivity contribution < 1.29 is 4.39 Å². The molecule has 3 heteroatoms. The van der Waals surface area contributed by atoms with Crippen molar-refractivity contribution in [3.05, 3.63) is 35.1 Å². The minimum absolute atomic E-state index is 0.108. The van der Waals surface area contributed by atoms with Gasteiger partial charge in [-0.3, -0.25) is 0 Å². The van der Waals surface area contributed by atoms with Crippen LogP contribution in [-0.4, -0.2) is 25.0 Å². The number of halogens is 1. The molecule has 16 heavy (non-hydrogen) atoms. The van der Waals surface area contributed by atoms with E-state index in [2.05, 4.69) is 5.32 Å². The van der Waals surface area contributed by atoms with Crippen molar-refractivity contribution in [3.63, 3.8) is 0 Å². The molecule has 0 amide bonds. The van der Waals surface area contributed by atoms with E-state index in [1.165, 1.54) is 18.4 Å². The Hall–Kier alpha value is -0.930. The van der Waals surface area contributed by atoms with Crippen LogP contribution in [0.5, 0.6) is 0 Å². The topological polar surface area (TPSA) is 15.3 Å². The molecule has 1 aromatic carbocycles. The van der Waals surface area contributed by atoms with Crippen LogP contribution < -0.4 is 5.32 Å². The Kier molecular flexibility index (Phi) is 3.56. The van der Waals surface area contributed by atoms with E-state index in [0.717, 1.165) is 12.1 Å². The second kappa shape index (κ2) is 4.93. The van der Waals surface area contributed by atoms with Crippen molar-refractivity contribution >= 4 is 0 Å². The molecule has 0 aliphatic heterocycles. The summed E-state index contributed by atoms with van der Waals surface area (Å²) < 4.78 is 13.5. The molecule has 0 unspecified atom stereocenters.